The maximum atomic E-state index is 12.5. The van der Waals surface area contributed by atoms with Gasteiger partial charge in [0.2, 0.25) is 0 Å². The summed E-state index contributed by atoms with van der Waals surface area (Å²) in [6.45, 7) is 6.53. The molecule has 0 saturated carbocycles. The molecule has 1 unspecified atom stereocenters. The van der Waals surface area contributed by atoms with Crippen molar-refractivity contribution in [3.8, 4) is 23.0 Å². The second-order valence-corrected chi connectivity index (χ2v) is 8.48. The Bertz CT molecular complexity index is 1380. The Morgan fingerprint density at radius 2 is 1.89 bits per heavy atom. The van der Waals surface area contributed by atoms with Gasteiger partial charge in [-0.1, -0.05) is 37.8 Å². The van der Waals surface area contributed by atoms with Gasteiger partial charge < -0.3 is 21.1 Å². The first-order valence-electron chi connectivity index (χ1n) is 12.0. The van der Waals surface area contributed by atoms with Gasteiger partial charge in [0.25, 0.3) is 5.91 Å². The minimum absolute atomic E-state index is 0.199. The molecule has 36 heavy (non-hydrogen) atoms. The van der Waals surface area contributed by atoms with Gasteiger partial charge in [0.05, 0.1) is 17.9 Å². The predicted octanol–water partition coefficient (Wildman–Crippen LogP) is 3.04. The van der Waals surface area contributed by atoms with Gasteiger partial charge in [-0.25, -0.2) is 4.98 Å². The summed E-state index contributed by atoms with van der Waals surface area (Å²) in [6, 6.07) is 13.1. The van der Waals surface area contributed by atoms with Crippen molar-refractivity contribution in [1.29, 1.82) is 0 Å². The molecule has 1 amide bonds. The molecule has 2 aromatic carbocycles. The van der Waals surface area contributed by atoms with Gasteiger partial charge in [0, 0.05) is 52.9 Å². The first kappa shape index (κ1) is 24.9. The van der Waals surface area contributed by atoms with Crippen molar-refractivity contribution in [1.82, 2.24) is 25.4 Å². The number of anilines is 1. The Hall–Kier alpha value is -4.19. The van der Waals surface area contributed by atoms with Crippen LogP contribution in [-0.2, 0) is 0 Å². The number of likely N-dealkylation sites (N-methyl/N-ethyl adjacent to an activating group) is 1. The number of rotatable bonds is 8. The molecule has 184 valence electrons. The van der Waals surface area contributed by atoms with E-state index < -0.39 is 6.10 Å². The van der Waals surface area contributed by atoms with Crippen LogP contribution in [0.3, 0.4) is 0 Å². The fourth-order valence-electron chi connectivity index (χ4n) is 3.94. The van der Waals surface area contributed by atoms with Crippen LogP contribution in [0.4, 0.5) is 5.82 Å². The molecule has 0 bridgehead atoms. The highest BCUT2D eigenvalue weighted by Crippen LogP contribution is 2.27. The lowest BCUT2D eigenvalue weighted by molar-refractivity contribution is 0.0869. The lowest BCUT2D eigenvalue weighted by atomic mass is 10.0. The molecule has 4 aromatic rings. The number of benzene rings is 2. The van der Waals surface area contributed by atoms with Crippen LogP contribution in [0.2, 0.25) is 0 Å². The number of hydrogen-bond donors (Lipinski definition) is 4. The molecule has 1 atom stereocenters. The monoisotopic (exact) mass is 482 g/mol. The van der Waals surface area contributed by atoms with Crippen LogP contribution in [0.5, 0.6) is 0 Å². The van der Waals surface area contributed by atoms with Crippen LogP contribution < -0.4 is 11.1 Å². The number of nitrogen functional groups attached to an aromatic ring is 1. The molecular formula is C28H30N6O2. The molecule has 2 heterocycles. The van der Waals surface area contributed by atoms with Crippen molar-refractivity contribution < 1.29 is 9.90 Å². The van der Waals surface area contributed by atoms with E-state index in [4.69, 9.17) is 5.73 Å². The Balaban J connectivity index is 1.48. The van der Waals surface area contributed by atoms with Gasteiger partial charge in [-0.3, -0.25) is 9.89 Å². The number of H-pyrrole nitrogens is 1. The Labute approximate surface area is 210 Å². The van der Waals surface area contributed by atoms with E-state index in [2.05, 4.69) is 37.2 Å². The molecule has 0 fully saturated rings. The standard InChI is InChI=1S/C28H30N6O2/c1-3-34(4-2)18-24(35)17-31-28(36)20-8-5-19(6-9-20)7-12-25-26-13-21(23-15-32-33-16-23)10-11-22(26)14-30-27(25)29/h5-6,8-11,13-16,24,35H,3-4,17-18H2,1-2H3,(H2,29,30)(H,31,36)(H,32,33). The van der Waals surface area contributed by atoms with Crippen molar-refractivity contribution in [3.05, 3.63) is 77.7 Å². The highest BCUT2D eigenvalue weighted by Gasteiger charge is 2.12. The van der Waals surface area contributed by atoms with Gasteiger partial charge in [0.1, 0.15) is 5.82 Å². The third-order valence-electron chi connectivity index (χ3n) is 6.09. The summed E-state index contributed by atoms with van der Waals surface area (Å²) in [7, 11) is 0. The predicted molar refractivity (Wildman–Crippen MR) is 142 cm³/mol. The van der Waals surface area contributed by atoms with E-state index in [1.807, 2.05) is 38.2 Å². The van der Waals surface area contributed by atoms with Gasteiger partial charge >= 0.3 is 0 Å². The zero-order chi connectivity index (χ0) is 25.5. The maximum absolute atomic E-state index is 12.5. The summed E-state index contributed by atoms with van der Waals surface area (Å²) in [5.41, 5.74) is 10.1. The summed E-state index contributed by atoms with van der Waals surface area (Å²) >= 11 is 0. The first-order chi connectivity index (χ1) is 17.5. The van der Waals surface area contributed by atoms with E-state index in [1.54, 1.807) is 36.7 Å². The second kappa shape index (κ2) is 11.5. The summed E-state index contributed by atoms with van der Waals surface area (Å²) in [6.07, 6.45) is 4.72. The number of aromatic nitrogens is 3. The lowest BCUT2D eigenvalue weighted by Gasteiger charge is -2.22. The van der Waals surface area contributed by atoms with E-state index >= 15 is 0 Å². The minimum Gasteiger partial charge on any atom is -0.390 e. The Morgan fingerprint density at radius 1 is 1.11 bits per heavy atom. The van der Waals surface area contributed by atoms with Crippen molar-refractivity contribution in [3.63, 3.8) is 0 Å². The largest absolute Gasteiger partial charge is 0.390 e. The highest BCUT2D eigenvalue weighted by atomic mass is 16.3. The van der Waals surface area contributed by atoms with Gasteiger partial charge in [-0.05, 0) is 49.0 Å². The first-order valence-corrected chi connectivity index (χ1v) is 12.0. The van der Waals surface area contributed by atoms with Crippen molar-refractivity contribution in [2.24, 2.45) is 0 Å². The van der Waals surface area contributed by atoms with Gasteiger partial charge in [-0.2, -0.15) is 5.10 Å². The number of aliphatic hydroxyl groups excluding tert-OH is 1. The average Bonchev–Trinajstić information content (AvgIpc) is 3.45. The number of aliphatic hydroxyl groups is 1. The molecule has 0 spiro atoms. The van der Waals surface area contributed by atoms with E-state index in [-0.39, 0.29) is 12.5 Å². The molecule has 0 saturated heterocycles. The minimum atomic E-state index is -0.618. The molecule has 0 radical (unpaired) electrons. The number of aromatic amines is 1. The number of nitrogens with zero attached hydrogens (tertiary/aromatic N) is 3. The number of amides is 1. The maximum Gasteiger partial charge on any atom is 0.251 e. The molecule has 0 aliphatic heterocycles. The fourth-order valence-corrected chi connectivity index (χ4v) is 3.94. The molecule has 4 rings (SSSR count). The van der Waals surface area contributed by atoms with Crippen LogP contribution in [0, 0.1) is 11.8 Å². The molecular weight excluding hydrogens is 452 g/mol. The van der Waals surface area contributed by atoms with E-state index in [1.165, 1.54) is 0 Å². The SMILES string of the molecule is CCN(CC)CC(O)CNC(=O)c1ccc(C#Cc2c(N)ncc3ccc(-c4cn[nH]c4)cc23)cc1. The average molecular weight is 483 g/mol. The fraction of sp³-hybridized carbons (Fsp3) is 0.250. The normalized spacial score (nSPS) is 11.8. The topological polar surface area (TPSA) is 120 Å². The number of fused-ring (bicyclic) bond motifs is 1. The quantitative estimate of drug-likeness (QED) is 0.287. The summed E-state index contributed by atoms with van der Waals surface area (Å²) < 4.78 is 0. The van der Waals surface area contributed by atoms with Crippen LogP contribution in [0.25, 0.3) is 21.9 Å². The van der Waals surface area contributed by atoms with E-state index in [9.17, 15) is 9.90 Å². The third kappa shape index (κ3) is 5.89. The number of pyridine rings is 1. The van der Waals surface area contributed by atoms with Crippen LogP contribution >= 0.6 is 0 Å². The summed E-state index contributed by atoms with van der Waals surface area (Å²) in [4.78, 5) is 18.9. The second-order valence-electron chi connectivity index (χ2n) is 8.48. The highest BCUT2D eigenvalue weighted by molar-refractivity contribution is 5.95. The van der Waals surface area contributed by atoms with Crippen molar-refractivity contribution in [2.45, 2.75) is 20.0 Å². The summed E-state index contributed by atoms with van der Waals surface area (Å²) in [5, 5.41) is 21.7. The summed E-state index contributed by atoms with van der Waals surface area (Å²) in [5.74, 6) is 6.42. The van der Waals surface area contributed by atoms with E-state index in [0.29, 0.717) is 23.5 Å². The number of carbonyl (C=O) groups excluding carboxylic acids is 1. The van der Waals surface area contributed by atoms with Crippen molar-refractivity contribution in [2.75, 3.05) is 31.9 Å². The number of hydrogen-bond acceptors (Lipinski definition) is 6. The van der Waals surface area contributed by atoms with Crippen LogP contribution in [0.1, 0.15) is 35.3 Å². The third-order valence-corrected chi connectivity index (χ3v) is 6.09. The smallest absolute Gasteiger partial charge is 0.251 e. The zero-order valence-corrected chi connectivity index (χ0v) is 20.5. The van der Waals surface area contributed by atoms with Gasteiger partial charge in [0.15, 0.2) is 0 Å². The van der Waals surface area contributed by atoms with E-state index in [0.717, 1.165) is 40.6 Å². The molecule has 5 N–H and O–H groups in total. The number of nitrogens with two attached hydrogens (primary N) is 1. The van der Waals surface area contributed by atoms with Crippen LogP contribution in [-0.4, -0.2) is 63.4 Å². The Kier molecular flexibility index (Phi) is 7.95. The Morgan fingerprint density at radius 3 is 2.58 bits per heavy atom. The molecule has 8 nitrogen and oxygen atoms in total. The number of carbonyl (C=O) groups is 1. The lowest BCUT2D eigenvalue weighted by Crippen LogP contribution is -2.40. The van der Waals surface area contributed by atoms with Crippen molar-refractivity contribution >= 4 is 22.5 Å². The molecule has 0 aliphatic rings. The molecule has 2 aromatic heterocycles. The molecule has 8 heteroatoms. The number of nitrogens with one attached hydrogen (secondary N) is 2. The van der Waals surface area contributed by atoms with Crippen LogP contribution in [0.15, 0.2) is 61.1 Å². The zero-order valence-electron chi connectivity index (χ0n) is 20.5. The molecule has 0 aliphatic carbocycles. The van der Waals surface area contributed by atoms with Gasteiger partial charge in [-0.15, -0.1) is 0 Å².